The first kappa shape index (κ1) is 14.2. The summed E-state index contributed by atoms with van der Waals surface area (Å²) >= 11 is 0. The van der Waals surface area contributed by atoms with Gasteiger partial charge in [-0.1, -0.05) is 12.1 Å². The lowest BCUT2D eigenvalue weighted by atomic mass is 10.1. The summed E-state index contributed by atoms with van der Waals surface area (Å²) in [6.07, 6.45) is 4.46. The number of nitrogens with zero attached hydrogens (tertiary/aromatic N) is 3. The van der Waals surface area contributed by atoms with Gasteiger partial charge in [0.05, 0.1) is 0 Å². The van der Waals surface area contributed by atoms with E-state index >= 15 is 0 Å². The van der Waals surface area contributed by atoms with E-state index < -0.39 is 0 Å². The minimum Gasteiger partial charge on any atom is -0.508 e. The van der Waals surface area contributed by atoms with Gasteiger partial charge in [0.1, 0.15) is 17.1 Å². The third-order valence-electron chi connectivity index (χ3n) is 4.35. The van der Waals surface area contributed by atoms with E-state index in [1.54, 1.807) is 12.1 Å². The fraction of sp³-hybridized carbons (Fsp3) is 0.333. The number of imidazole rings is 1. The number of fused-ring (bicyclic) bond motifs is 1. The molecule has 1 fully saturated rings. The van der Waals surface area contributed by atoms with Gasteiger partial charge in [-0.3, -0.25) is 0 Å². The van der Waals surface area contributed by atoms with E-state index in [-0.39, 0.29) is 5.75 Å². The van der Waals surface area contributed by atoms with Crippen LogP contribution in [0.1, 0.15) is 30.3 Å². The molecular formula is C18H19N3O2. The van der Waals surface area contributed by atoms with E-state index in [1.807, 2.05) is 30.5 Å². The first-order valence-electron chi connectivity index (χ1n) is 7.99. The molecule has 1 saturated heterocycles. The summed E-state index contributed by atoms with van der Waals surface area (Å²) in [7, 11) is 0. The minimum absolute atomic E-state index is 0.286. The zero-order valence-corrected chi connectivity index (χ0v) is 12.9. The molecule has 5 nitrogen and oxygen atoms in total. The number of aromatic hydroxyl groups is 1. The monoisotopic (exact) mass is 309 g/mol. The van der Waals surface area contributed by atoms with Gasteiger partial charge in [-0.15, -0.1) is 0 Å². The molecule has 1 aliphatic heterocycles. The van der Waals surface area contributed by atoms with Gasteiger partial charge >= 0.3 is 0 Å². The average Bonchev–Trinajstić information content (AvgIpc) is 2.93. The molecule has 1 N–H and O–H groups in total. The van der Waals surface area contributed by atoms with Crippen molar-refractivity contribution in [3.8, 4) is 5.75 Å². The van der Waals surface area contributed by atoms with Crippen molar-refractivity contribution in [1.82, 2.24) is 14.5 Å². The molecule has 1 aromatic carbocycles. The van der Waals surface area contributed by atoms with Crippen LogP contribution in [0.3, 0.4) is 0 Å². The van der Waals surface area contributed by atoms with Gasteiger partial charge in [0, 0.05) is 31.9 Å². The van der Waals surface area contributed by atoms with Crippen LogP contribution in [0.25, 0.3) is 11.2 Å². The Kier molecular flexibility index (Phi) is 3.71. The molecule has 1 aliphatic rings. The highest BCUT2D eigenvalue weighted by atomic mass is 16.5. The third kappa shape index (κ3) is 2.80. The Labute approximate surface area is 134 Å². The first-order valence-corrected chi connectivity index (χ1v) is 7.99. The predicted molar refractivity (Wildman–Crippen MR) is 87.5 cm³/mol. The maximum absolute atomic E-state index is 9.69. The van der Waals surface area contributed by atoms with E-state index in [0.29, 0.717) is 12.5 Å². The zero-order chi connectivity index (χ0) is 15.6. The second-order valence-electron chi connectivity index (χ2n) is 5.93. The molecule has 0 radical (unpaired) electrons. The van der Waals surface area contributed by atoms with Crippen LogP contribution in [0.2, 0.25) is 0 Å². The van der Waals surface area contributed by atoms with Crippen molar-refractivity contribution in [3.63, 3.8) is 0 Å². The zero-order valence-electron chi connectivity index (χ0n) is 12.9. The number of aromatic nitrogens is 3. The number of ether oxygens (including phenoxy) is 1. The molecule has 0 spiro atoms. The summed E-state index contributed by atoms with van der Waals surface area (Å²) in [6.45, 7) is 1.56. The standard InChI is InChI=1S/C18H19N3O2/c22-15-4-1-3-13(11-15)12-17-20-16-5-2-8-19-18(16)21(17)14-6-9-23-10-7-14/h1-5,8,11,14,22H,6-7,9-10,12H2. The molecule has 3 aromatic rings. The largest absolute Gasteiger partial charge is 0.508 e. The van der Waals surface area contributed by atoms with Crippen molar-refractivity contribution in [2.45, 2.75) is 25.3 Å². The quantitative estimate of drug-likeness (QED) is 0.807. The summed E-state index contributed by atoms with van der Waals surface area (Å²) in [6, 6.07) is 11.7. The van der Waals surface area contributed by atoms with Gasteiger partial charge < -0.3 is 14.4 Å². The molecule has 0 aliphatic carbocycles. The molecular weight excluding hydrogens is 290 g/mol. The number of benzene rings is 1. The first-order chi connectivity index (χ1) is 11.3. The molecule has 0 bridgehead atoms. The highest BCUT2D eigenvalue weighted by Crippen LogP contribution is 2.28. The Morgan fingerprint density at radius 1 is 1.17 bits per heavy atom. The van der Waals surface area contributed by atoms with Crippen molar-refractivity contribution in [1.29, 1.82) is 0 Å². The van der Waals surface area contributed by atoms with E-state index in [1.165, 1.54) is 0 Å². The van der Waals surface area contributed by atoms with Crippen molar-refractivity contribution in [2.24, 2.45) is 0 Å². The van der Waals surface area contributed by atoms with Crippen molar-refractivity contribution >= 4 is 11.2 Å². The molecule has 2 aromatic heterocycles. The maximum Gasteiger partial charge on any atom is 0.160 e. The van der Waals surface area contributed by atoms with Crippen molar-refractivity contribution in [3.05, 3.63) is 54.0 Å². The number of hydrogen-bond donors (Lipinski definition) is 1. The summed E-state index contributed by atoms with van der Waals surface area (Å²) in [5.74, 6) is 1.28. The number of rotatable bonds is 3. The molecule has 4 rings (SSSR count). The Bertz CT molecular complexity index is 822. The Balaban J connectivity index is 1.78. The van der Waals surface area contributed by atoms with E-state index in [2.05, 4.69) is 9.55 Å². The molecule has 3 heterocycles. The van der Waals surface area contributed by atoms with Crippen LogP contribution in [-0.2, 0) is 11.2 Å². The normalized spacial score (nSPS) is 16.0. The lowest BCUT2D eigenvalue weighted by Crippen LogP contribution is -2.21. The summed E-state index contributed by atoms with van der Waals surface area (Å²) in [5.41, 5.74) is 2.91. The van der Waals surface area contributed by atoms with Gasteiger partial charge in [0.2, 0.25) is 0 Å². The Morgan fingerprint density at radius 3 is 2.87 bits per heavy atom. The van der Waals surface area contributed by atoms with Gasteiger partial charge in [0.25, 0.3) is 0 Å². The molecule has 0 amide bonds. The second kappa shape index (κ2) is 6.01. The molecule has 118 valence electrons. The van der Waals surface area contributed by atoms with Gasteiger partial charge in [-0.2, -0.15) is 0 Å². The van der Waals surface area contributed by atoms with Crippen molar-refractivity contribution < 1.29 is 9.84 Å². The third-order valence-corrected chi connectivity index (χ3v) is 4.35. The van der Waals surface area contributed by atoms with Crippen LogP contribution in [0.15, 0.2) is 42.6 Å². The number of pyridine rings is 1. The maximum atomic E-state index is 9.69. The highest BCUT2D eigenvalue weighted by molar-refractivity contribution is 5.71. The highest BCUT2D eigenvalue weighted by Gasteiger charge is 2.22. The lowest BCUT2D eigenvalue weighted by Gasteiger charge is -2.25. The van der Waals surface area contributed by atoms with Gasteiger partial charge in [-0.25, -0.2) is 9.97 Å². The van der Waals surface area contributed by atoms with Crippen LogP contribution in [0.4, 0.5) is 0 Å². The molecule has 5 heteroatoms. The molecule has 23 heavy (non-hydrogen) atoms. The van der Waals surface area contributed by atoms with E-state index in [9.17, 15) is 5.11 Å². The second-order valence-corrected chi connectivity index (χ2v) is 5.93. The Morgan fingerprint density at radius 2 is 2.04 bits per heavy atom. The van der Waals surface area contributed by atoms with Crippen LogP contribution in [0, 0.1) is 0 Å². The molecule has 0 saturated carbocycles. The topological polar surface area (TPSA) is 60.2 Å². The lowest BCUT2D eigenvalue weighted by molar-refractivity contribution is 0.0698. The van der Waals surface area contributed by atoms with E-state index in [4.69, 9.17) is 9.72 Å². The summed E-state index contributed by atoms with van der Waals surface area (Å²) < 4.78 is 7.76. The van der Waals surface area contributed by atoms with Crippen LogP contribution >= 0.6 is 0 Å². The van der Waals surface area contributed by atoms with E-state index in [0.717, 1.165) is 48.6 Å². The average molecular weight is 309 g/mol. The van der Waals surface area contributed by atoms with Gasteiger partial charge in [0.15, 0.2) is 5.65 Å². The Hall–Kier alpha value is -2.40. The van der Waals surface area contributed by atoms with Crippen LogP contribution in [0.5, 0.6) is 5.75 Å². The molecule has 0 atom stereocenters. The molecule has 0 unspecified atom stereocenters. The van der Waals surface area contributed by atoms with Crippen LogP contribution < -0.4 is 0 Å². The predicted octanol–water partition coefficient (Wildman–Crippen LogP) is 3.08. The SMILES string of the molecule is Oc1cccc(Cc2nc3cccnc3n2C2CCOCC2)c1. The minimum atomic E-state index is 0.286. The number of phenols is 1. The smallest absolute Gasteiger partial charge is 0.160 e. The summed E-state index contributed by atoms with van der Waals surface area (Å²) in [5, 5.41) is 9.69. The fourth-order valence-electron chi connectivity index (χ4n) is 3.28. The number of hydrogen-bond acceptors (Lipinski definition) is 4. The fourth-order valence-corrected chi connectivity index (χ4v) is 3.28. The summed E-state index contributed by atoms with van der Waals surface area (Å²) in [4.78, 5) is 9.34. The number of phenolic OH excluding ortho intramolecular Hbond substituents is 1. The van der Waals surface area contributed by atoms with Crippen LogP contribution in [-0.4, -0.2) is 32.9 Å². The van der Waals surface area contributed by atoms with Crippen molar-refractivity contribution in [2.75, 3.05) is 13.2 Å². The van der Waals surface area contributed by atoms with Gasteiger partial charge in [-0.05, 0) is 42.7 Å².